The van der Waals surface area contributed by atoms with Gasteiger partial charge in [0, 0.05) is 13.2 Å². The zero-order valence-corrected chi connectivity index (χ0v) is 9.64. The predicted octanol–water partition coefficient (Wildman–Crippen LogP) is 3.32. The fraction of sp³-hybridized carbons (Fsp3) is 0.455. The van der Waals surface area contributed by atoms with Crippen molar-refractivity contribution in [2.75, 3.05) is 19.0 Å². The highest BCUT2D eigenvalue weighted by atomic mass is 35.5. The maximum absolute atomic E-state index is 13.5. The smallest absolute Gasteiger partial charge is 0.164 e. The van der Waals surface area contributed by atoms with Crippen molar-refractivity contribution < 1.29 is 9.13 Å². The fourth-order valence-corrected chi connectivity index (χ4v) is 1.47. The molecule has 1 N–H and O–H groups in total. The molecule has 1 unspecified atom stereocenters. The molecule has 1 atom stereocenters. The third-order valence-corrected chi connectivity index (χ3v) is 2.46. The van der Waals surface area contributed by atoms with E-state index in [2.05, 4.69) is 5.32 Å². The van der Waals surface area contributed by atoms with Gasteiger partial charge in [0.15, 0.2) is 5.82 Å². The molecule has 0 aliphatic rings. The van der Waals surface area contributed by atoms with E-state index in [1.807, 2.05) is 6.92 Å². The molecule has 0 amide bonds. The standard InChI is InChI=1S/C11H15ClFNO/c1-3-8(7-15-2)14-10-6-4-5-9(12)11(10)13/h4-6,8,14H,3,7H2,1-2H3. The first-order valence-electron chi connectivity index (χ1n) is 4.88. The molecule has 0 aromatic heterocycles. The minimum Gasteiger partial charge on any atom is -0.383 e. The van der Waals surface area contributed by atoms with Crippen molar-refractivity contribution in [3.8, 4) is 0 Å². The zero-order valence-electron chi connectivity index (χ0n) is 8.89. The van der Waals surface area contributed by atoms with E-state index < -0.39 is 5.82 Å². The van der Waals surface area contributed by atoms with Crippen LogP contribution in [0.1, 0.15) is 13.3 Å². The van der Waals surface area contributed by atoms with Crippen LogP contribution in [0.25, 0.3) is 0 Å². The first-order chi connectivity index (χ1) is 7.19. The summed E-state index contributed by atoms with van der Waals surface area (Å²) < 4.78 is 18.5. The second-order valence-electron chi connectivity index (χ2n) is 3.31. The minimum absolute atomic E-state index is 0.1000. The van der Waals surface area contributed by atoms with Gasteiger partial charge in [-0.2, -0.15) is 0 Å². The molecule has 0 radical (unpaired) electrons. The lowest BCUT2D eigenvalue weighted by molar-refractivity contribution is 0.184. The van der Waals surface area contributed by atoms with Crippen LogP contribution in [-0.2, 0) is 4.74 Å². The van der Waals surface area contributed by atoms with Crippen molar-refractivity contribution in [3.05, 3.63) is 29.0 Å². The van der Waals surface area contributed by atoms with Gasteiger partial charge in [-0.05, 0) is 18.6 Å². The molecule has 0 saturated heterocycles. The number of hydrogen-bond donors (Lipinski definition) is 1. The Hall–Kier alpha value is -0.800. The van der Waals surface area contributed by atoms with Crippen molar-refractivity contribution in [3.63, 3.8) is 0 Å². The summed E-state index contributed by atoms with van der Waals surface area (Å²) in [5, 5.41) is 3.19. The van der Waals surface area contributed by atoms with Gasteiger partial charge in [0.25, 0.3) is 0 Å². The van der Waals surface area contributed by atoms with Crippen molar-refractivity contribution in [2.24, 2.45) is 0 Å². The summed E-state index contributed by atoms with van der Waals surface area (Å²) in [4.78, 5) is 0. The normalized spacial score (nSPS) is 12.5. The van der Waals surface area contributed by atoms with Crippen LogP contribution < -0.4 is 5.32 Å². The van der Waals surface area contributed by atoms with Crippen LogP contribution in [0.5, 0.6) is 0 Å². The van der Waals surface area contributed by atoms with Crippen molar-refractivity contribution in [1.29, 1.82) is 0 Å². The molecule has 0 spiro atoms. The molecular weight excluding hydrogens is 217 g/mol. The van der Waals surface area contributed by atoms with E-state index in [-0.39, 0.29) is 11.1 Å². The van der Waals surface area contributed by atoms with Gasteiger partial charge < -0.3 is 10.1 Å². The first kappa shape index (κ1) is 12.3. The lowest BCUT2D eigenvalue weighted by Gasteiger charge is -2.17. The third kappa shape index (κ3) is 3.36. The number of anilines is 1. The highest BCUT2D eigenvalue weighted by molar-refractivity contribution is 6.31. The van der Waals surface area contributed by atoms with Gasteiger partial charge in [0.1, 0.15) is 0 Å². The maximum atomic E-state index is 13.5. The molecule has 1 aromatic carbocycles. The topological polar surface area (TPSA) is 21.3 Å². The monoisotopic (exact) mass is 231 g/mol. The maximum Gasteiger partial charge on any atom is 0.164 e. The van der Waals surface area contributed by atoms with Crippen molar-refractivity contribution >= 4 is 17.3 Å². The summed E-state index contributed by atoms with van der Waals surface area (Å²) in [6.07, 6.45) is 0.861. The Bertz CT molecular complexity index is 319. The van der Waals surface area contributed by atoms with Gasteiger partial charge in [-0.15, -0.1) is 0 Å². The molecule has 0 heterocycles. The first-order valence-corrected chi connectivity index (χ1v) is 5.26. The minimum atomic E-state index is -0.409. The van der Waals surface area contributed by atoms with E-state index in [0.717, 1.165) is 6.42 Å². The quantitative estimate of drug-likeness (QED) is 0.840. The van der Waals surface area contributed by atoms with Gasteiger partial charge in [-0.3, -0.25) is 0 Å². The van der Waals surface area contributed by atoms with E-state index in [4.69, 9.17) is 16.3 Å². The van der Waals surface area contributed by atoms with Gasteiger partial charge >= 0.3 is 0 Å². The number of halogens is 2. The molecule has 1 aromatic rings. The largest absolute Gasteiger partial charge is 0.383 e. The van der Waals surface area contributed by atoms with Crippen LogP contribution in [0.3, 0.4) is 0 Å². The molecule has 4 heteroatoms. The molecular formula is C11H15ClFNO. The fourth-order valence-electron chi connectivity index (χ4n) is 1.30. The van der Waals surface area contributed by atoms with E-state index in [1.165, 1.54) is 6.07 Å². The number of ether oxygens (including phenoxy) is 1. The molecule has 0 fully saturated rings. The molecule has 2 nitrogen and oxygen atoms in total. The predicted molar refractivity (Wildman–Crippen MR) is 61.0 cm³/mol. The van der Waals surface area contributed by atoms with Gasteiger partial charge in [0.2, 0.25) is 0 Å². The Morgan fingerprint density at radius 3 is 2.87 bits per heavy atom. The summed E-state index contributed by atoms with van der Waals surface area (Å²) in [6, 6.07) is 5.01. The lowest BCUT2D eigenvalue weighted by Crippen LogP contribution is -2.24. The Labute approximate surface area is 94.4 Å². The molecule has 0 aliphatic heterocycles. The van der Waals surface area contributed by atoms with Gasteiger partial charge in [-0.1, -0.05) is 24.6 Å². The molecule has 84 valence electrons. The summed E-state index contributed by atoms with van der Waals surface area (Å²) in [5.41, 5.74) is 0.423. The molecule has 15 heavy (non-hydrogen) atoms. The number of nitrogens with one attached hydrogen (secondary N) is 1. The number of hydrogen-bond acceptors (Lipinski definition) is 2. The second kappa shape index (κ2) is 5.93. The summed E-state index contributed by atoms with van der Waals surface area (Å²) in [5.74, 6) is -0.409. The Morgan fingerprint density at radius 2 is 2.27 bits per heavy atom. The number of rotatable bonds is 5. The molecule has 0 saturated carbocycles. The average molecular weight is 232 g/mol. The molecule has 0 bridgehead atoms. The van der Waals surface area contributed by atoms with Crippen molar-refractivity contribution in [1.82, 2.24) is 0 Å². The number of methoxy groups -OCH3 is 1. The highest BCUT2D eigenvalue weighted by Gasteiger charge is 2.10. The Balaban J connectivity index is 2.74. The summed E-state index contributed by atoms with van der Waals surface area (Å²) in [7, 11) is 1.62. The Morgan fingerprint density at radius 1 is 1.53 bits per heavy atom. The van der Waals surface area contributed by atoms with Gasteiger partial charge in [0.05, 0.1) is 17.3 Å². The summed E-state index contributed by atoms with van der Waals surface area (Å²) >= 11 is 5.67. The Kier molecular flexibility index (Phi) is 4.85. The van der Waals surface area contributed by atoms with Crippen LogP contribution >= 0.6 is 11.6 Å². The van der Waals surface area contributed by atoms with Crippen LogP contribution in [-0.4, -0.2) is 19.8 Å². The second-order valence-corrected chi connectivity index (χ2v) is 3.71. The number of benzene rings is 1. The van der Waals surface area contributed by atoms with Crippen LogP contribution in [0.15, 0.2) is 18.2 Å². The van der Waals surface area contributed by atoms with Crippen LogP contribution in [0, 0.1) is 5.82 Å². The van der Waals surface area contributed by atoms with Gasteiger partial charge in [-0.25, -0.2) is 4.39 Å². The third-order valence-electron chi connectivity index (χ3n) is 2.17. The van der Waals surface area contributed by atoms with E-state index in [1.54, 1.807) is 19.2 Å². The lowest BCUT2D eigenvalue weighted by atomic mass is 10.2. The molecule has 0 aliphatic carbocycles. The van der Waals surface area contributed by atoms with Crippen LogP contribution in [0.2, 0.25) is 5.02 Å². The van der Waals surface area contributed by atoms with Crippen molar-refractivity contribution in [2.45, 2.75) is 19.4 Å². The SMILES string of the molecule is CCC(COC)Nc1cccc(Cl)c1F. The van der Waals surface area contributed by atoms with E-state index in [0.29, 0.717) is 12.3 Å². The van der Waals surface area contributed by atoms with E-state index in [9.17, 15) is 4.39 Å². The summed E-state index contributed by atoms with van der Waals surface area (Å²) in [6.45, 7) is 2.56. The highest BCUT2D eigenvalue weighted by Crippen LogP contribution is 2.22. The van der Waals surface area contributed by atoms with Crippen LogP contribution in [0.4, 0.5) is 10.1 Å². The molecule has 1 rings (SSSR count). The van der Waals surface area contributed by atoms with E-state index >= 15 is 0 Å². The average Bonchev–Trinajstić information content (AvgIpc) is 2.24. The zero-order chi connectivity index (χ0) is 11.3.